The second-order valence-corrected chi connectivity index (χ2v) is 8.17. The number of halogens is 4. The predicted octanol–water partition coefficient (Wildman–Crippen LogP) is 4.34. The lowest BCUT2D eigenvalue weighted by molar-refractivity contribution is -0.120. The minimum Gasteiger partial charge on any atom is -0.383 e. The Kier molecular flexibility index (Phi) is 7.56. The standard InChI is InChI=1S/C21H22Cl2F2N4O2/c22-16-9-15(27-5-6-28-21(26)31)10-17(23)20(16)29-11-12(1-4-19(29)30)7-13-2-3-14(24)8-18(13)25/h2-3,8-10,12,27H,1,4-7,11H2,(H3,26,28,31). The number of carbonyl (C=O) groups excluding carboxylic acids is 2. The van der Waals surface area contributed by atoms with Crippen LogP contribution in [-0.4, -0.2) is 31.6 Å². The summed E-state index contributed by atoms with van der Waals surface area (Å²) in [5, 5.41) is 6.10. The Labute approximate surface area is 188 Å². The summed E-state index contributed by atoms with van der Waals surface area (Å²) in [7, 11) is 0. The van der Waals surface area contributed by atoms with Crippen molar-refractivity contribution in [3.05, 3.63) is 57.6 Å². The van der Waals surface area contributed by atoms with Gasteiger partial charge in [0.15, 0.2) is 0 Å². The van der Waals surface area contributed by atoms with E-state index < -0.39 is 17.7 Å². The Hall–Kier alpha value is -2.58. The second kappa shape index (κ2) is 10.2. The first kappa shape index (κ1) is 23.1. The summed E-state index contributed by atoms with van der Waals surface area (Å²) in [6, 6.07) is 6.18. The van der Waals surface area contributed by atoms with Crippen LogP contribution in [0.15, 0.2) is 30.3 Å². The molecule has 0 radical (unpaired) electrons. The number of nitrogens with one attached hydrogen (secondary N) is 2. The molecule has 0 aromatic heterocycles. The van der Waals surface area contributed by atoms with Crippen molar-refractivity contribution >= 4 is 46.5 Å². The first-order valence-corrected chi connectivity index (χ1v) is 10.5. The molecule has 1 fully saturated rings. The highest BCUT2D eigenvalue weighted by Crippen LogP contribution is 2.39. The molecule has 10 heteroatoms. The lowest BCUT2D eigenvalue weighted by atomic mass is 9.90. The van der Waals surface area contributed by atoms with E-state index in [1.165, 1.54) is 17.0 Å². The highest BCUT2D eigenvalue weighted by molar-refractivity contribution is 6.40. The third-order valence-electron chi connectivity index (χ3n) is 5.07. The maximum absolute atomic E-state index is 14.0. The van der Waals surface area contributed by atoms with Gasteiger partial charge in [-0.3, -0.25) is 4.79 Å². The number of amides is 3. The van der Waals surface area contributed by atoms with Gasteiger partial charge in [0.05, 0.1) is 15.7 Å². The van der Waals surface area contributed by atoms with E-state index in [1.54, 1.807) is 12.1 Å². The summed E-state index contributed by atoms with van der Waals surface area (Å²) < 4.78 is 27.2. The maximum atomic E-state index is 14.0. The SMILES string of the molecule is NC(=O)NCCNc1cc(Cl)c(N2CC(Cc3ccc(F)cc3F)CCC2=O)c(Cl)c1. The fourth-order valence-electron chi connectivity index (χ4n) is 3.61. The molecule has 0 spiro atoms. The fourth-order valence-corrected chi connectivity index (χ4v) is 4.30. The Bertz CT molecular complexity index is 967. The number of urea groups is 1. The van der Waals surface area contributed by atoms with Crippen LogP contribution in [0.4, 0.5) is 25.0 Å². The quantitative estimate of drug-likeness (QED) is 0.526. The molecule has 0 bridgehead atoms. The minimum atomic E-state index is -0.626. The molecule has 0 saturated carbocycles. The van der Waals surface area contributed by atoms with E-state index in [2.05, 4.69) is 10.6 Å². The van der Waals surface area contributed by atoms with Gasteiger partial charge < -0.3 is 21.3 Å². The molecule has 1 atom stereocenters. The van der Waals surface area contributed by atoms with Crippen molar-refractivity contribution < 1.29 is 18.4 Å². The van der Waals surface area contributed by atoms with Gasteiger partial charge >= 0.3 is 6.03 Å². The number of nitrogens with zero attached hydrogens (tertiary/aromatic N) is 1. The Morgan fingerprint density at radius 3 is 2.52 bits per heavy atom. The largest absolute Gasteiger partial charge is 0.383 e. The third-order valence-corrected chi connectivity index (χ3v) is 5.65. The number of hydrogen-bond donors (Lipinski definition) is 3. The van der Waals surface area contributed by atoms with Crippen molar-refractivity contribution in [1.29, 1.82) is 0 Å². The third kappa shape index (κ3) is 5.98. The normalized spacial score (nSPS) is 16.3. The summed E-state index contributed by atoms with van der Waals surface area (Å²) >= 11 is 12.9. The lowest BCUT2D eigenvalue weighted by Crippen LogP contribution is -2.41. The summed E-state index contributed by atoms with van der Waals surface area (Å²) in [5.74, 6) is -1.37. The van der Waals surface area contributed by atoms with Gasteiger partial charge in [0.1, 0.15) is 11.6 Å². The second-order valence-electron chi connectivity index (χ2n) is 7.36. The predicted molar refractivity (Wildman–Crippen MR) is 118 cm³/mol. The molecule has 3 amide bonds. The van der Waals surface area contributed by atoms with Crippen molar-refractivity contribution in [3.8, 4) is 0 Å². The zero-order valence-corrected chi connectivity index (χ0v) is 18.1. The van der Waals surface area contributed by atoms with Crippen LogP contribution in [0.25, 0.3) is 0 Å². The molecule has 2 aromatic carbocycles. The maximum Gasteiger partial charge on any atom is 0.312 e. The molecule has 1 saturated heterocycles. The highest BCUT2D eigenvalue weighted by atomic mass is 35.5. The molecule has 1 aliphatic rings. The minimum absolute atomic E-state index is 0.0255. The van der Waals surface area contributed by atoms with Gasteiger partial charge in [0, 0.05) is 37.8 Å². The molecule has 1 heterocycles. The van der Waals surface area contributed by atoms with Crippen molar-refractivity contribution in [3.63, 3.8) is 0 Å². The van der Waals surface area contributed by atoms with E-state index in [4.69, 9.17) is 28.9 Å². The van der Waals surface area contributed by atoms with Gasteiger partial charge in [-0.05, 0) is 42.5 Å². The Morgan fingerprint density at radius 2 is 1.87 bits per heavy atom. The average molecular weight is 471 g/mol. The topological polar surface area (TPSA) is 87.5 Å². The number of hydrogen-bond acceptors (Lipinski definition) is 3. The summed E-state index contributed by atoms with van der Waals surface area (Å²) in [6.45, 7) is 1.05. The molecule has 1 aliphatic heterocycles. The van der Waals surface area contributed by atoms with Gasteiger partial charge in [-0.1, -0.05) is 29.3 Å². The number of nitrogens with two attached hydrogens (primary N) is 1. The van der Waals surface area contributed by atoms with E-state index >= 15 is 0 Å². The Balaban J connectivity index is 1.72. The van der Waals surface area contributed by atoms with Crippen molar-refractivity contribution in [2.45, 2.75) is 19.3 Å². The summed E-state index contributed by atoms with van der Waals surface area (Å²) in [6.07, 6.45) is 1.24. The van der Waals surface area contributed by atoms with Crippen LogP contribution in [0, 0.1) is 17.6 Å². The number of benzene rings is 2. The van der Waals surface area contributed by atoms with Crippen LogP contribution in [0.5, 0.6) is 0 Å². The van der Waals surface area contributed by atoms with Crippen molar-refractivity contribution in [1.82, 2.24) is 5.32 Å². The van der Waals surface area contributed by atoms with E-state index in [-0.39, 0.29) is 18.2 Å². The number of anilines is 2. The van der Waals surface area contributed by atoms with Gasteiger partial charge in [-0.25, -0.2) is 13.6 Å². The highest BCUT2D eigenvalue weighted by Gasteiger charge is 2.30. The summed E-state index contributed by atoms with van der Waals surface area (Å²) in [5.41, 5.74) is 6.45. The summed E-state index contributed by atoms with van der Waals surface area (Å²) in [4.78, 5) is 24.8. The molecule has 0 aliphatic carbocycles. The van der Waals surface area contributed by atoms with Crippen LogP contribution in [0.3, 0.4) is 0 Å². The molecule has 2 aromatic rings. The number of primary amides is 1. The average Bonchev–Trinajstić information content (AvgIpc) is 2.69. The molecule has 31 heavy (non-hydrogen) atoms. The van der Waals surface area contributed by atoms with Crippen LogP contribution in [0.1, 0.15) is 18.4 Å². The zero-order chi connectivity index (χ0) is 22.5. The van der Waals surface area contributed by atoms with Gasteiger partial charge in [-0.2, -0.15) is 0 Å². The number of carbonyl (C=O) groups is 2. The smallest absolute Gasteiger partial charge is 0.312 e. The molecule has 4 N–H and O–H groups in total. The number of rotatable bonds is 7. The van der Waals surface area contributed by atoms with Crippen LogP contribution >= 0.6 is 23.2 Å². The molecular weight excluding hydrogens is 449 g/mol. The molecule has 3 rings (SSSR count). The molecule has 1 unspecified atom stereocenters. The van der Waals surface area contributed by atoms with Crippen molar-refractivity contribution in [2.24, 2.45) is 11.7 Å². The van der Waals surface area contributed by atoms with Gasteiger partial charge in [0.2, 0.25) is 5.91 Å². The zero-order valence-electron chi connectivity index (χ0n) is 16.6. The molecular formula is C21H22Cl2F2N4O2. The van der Waals surface area contributed by atoms with Crippen LogP contribution < -0.4 is 21.3 Å². The number of piperidine rings is 1. The van der Waals surface area contributed by atoms with E-state index in [0.717, 1.165) is 6.07 Å². The lowest BCUT2D eigenvalue weighted by Gasteiger charge is -2.34. The molecule has 166 valence electrons. The van der Waals surface area contributed by atoms with E-state index in [1.807, 2.05) is 0 Å². The van der Waals surface area contributed by atoms with Crippen LogP contribution in [-0.2, 0) is 11.2 Å². The van der Waals surface area contributed by atoms with Crippen LogP contribution in [0.2, 0.25) is 10.0 Å². The van der Waals surface area contributed by atoms with E-state index in [9.17, 15) is 18.4 Å². The van der Waals surface area contributed by atoms with E-state index in [0.29, 0.717) is 59.5 Å². The first-order valence-electron chi connectivity index (χ1n) is 9.75. The molecule has 6 nitrogen and oxygen atoms in total. The monoisotopic (exact) mass is 470 g/mol. The first-order chi connectivity index (χ1) is 14.7. The Morgan fingerprint density at radius 1 is 1.16 bits per heavy atom. The fraction of sp³-hybridized carbons (Fsp3) is 0.333. The van der Waals surface area contributed by atoms with Gasteiger partial charge in [-0.15, -0.1) is 0 Å². The van der Waals surface area contributed by atoms with Crippen molar-refractivity contribution in [2.75, 3.05) is 29.9 Å². The van der Waals surface area contributed by atoms with Gasteiger partial charge in [0.25, 0.3) is 0 Å².